The summed E-state index contributed by atoms with van der Waals surface area (Å²) in [6.45, 7) is 2.19. The predicted octanol–water partition coefficient (Wildman–Crippen LogP) is 1.15. The molecule has 4 heteroatoms. The van der Waals surface area contributed by atoms with Crippen LogP contribution in [0.3, 0.4) is 0 Å². The molecule has 0 aliphatic rings. The molecule has 78 valence electrons. The van der Waals surface area contributed by atoms with Crippen LogP contribution in [0, 0.1) is 5.92 Å². The van der Waals surface area contributed by atoms with Gasteiger partial charge >= 0.3 is 5.97 Å². The Bertz CT molecular complexity index is 147. The maximum atomic E-state index is 10.7. The van der Waals surface area contributed by atoms with Crippen molar-refractivity contribution in [2.75, 3.05) is 20.8 Å². The Labute approximate surface area is 78.8 Å². The molecule has 0 amide bonds. The highest BCUT2D eigenvalue weighted by Gasteiger charge is 2.17. The predicted molar refractivity (Wildman–Crippen MR) is 48.7 cm³/mol. The van der Waals surface area contributed by atoms with Crippen molar-refractivity contribution in [2.45, 2.75) is 25.9 Å². The van der Waals surface area contributed by atoms with Crippen molar-refractivity contribution in [3.63, 3.8) is 0 Å². The fourth-order valence-electron chi connectivity index (χ4n) is 1.03. The molecule has 4 nitrogen and oxygen atoms in total. The van der Waals surface area contributed by atoms with Crippen molar-refractivity contribution in [3.05, 3.63) is 0 Å². The Morgan fingerprint density at radius 3 is 2.38 bits per heavy atom. The summed E-state index contributed by atoms with van der Waals surface area (Å²) in [7, 11) is 3.13. The zero-order valence-electron chi connectivity index (χ0n) is 8.45. The molecule has 2 unspecified atom stereocenters. The van der Waals surface area contributed by atoms with Crippen LogP contribution in [0.1, 0.15) is 19.8 Å². The van der Waals surface area contributed by atoms with Gasteiger partial charge in [-0.05, 0) is 19.8 Å². The molecule has 0 aromatic heterocycles. The van der Waals surface area contributed by atoms with Crippen LogP contribution in [-0.2, 0) is 14.3 Å². The Balaban J connectivity index is 3.75. The van der Waals surface area contributed by atoms with Gasteiger partial charge in [0.05, 0.1) is 18.6 Å². The summed E-state index contributed by atoms with van der Waals surface area (Å²) in [6, 6.07) is 0. The van der Waals surface area contributed by atoms with Crippen LogP contribution in [0.2, 0.25) is 0 Å². The van der Waals surface area contributed by atoms with E-state index < -0.39 is 11.9 Å². The van der Waals surface area contributed by atoms with Gasteiger partial charge in [0.25, 0.3) is 0 Å². The van der Waals surface area contributed by atoms with E-state index >= 15 is 0 Å². The van der Waals surface area contributed by atoms with Gasteiger partial charge in [0, 0.05) is 14.2 Å². The molecule has 0 aliphatic carbocycles. The van der Waals surface area contributed by atoms with Crippen molar-refractivity contribution in [1.29, 1.82) is 0 Å². The largest absolute Gasteiger partial charge is 0.481 e. The van der Waals surface area contributed by atoms with Crippen LogP contribution < -0.4 is 0 Å². The molecule has 2 atom stereocenters. The third-order valence-electron chi connectivity index (χ3n) is 2.04. The van der Waals surface area contributed by atoms with E-state index in [0.29, 0.717) is 6.42 Å². The van der Waals surface area contributed by atoms with Crippen molar-refractivity contribution in [2.24, 2.45) is 5.92 Å². The van der Waals surface area contributed by atoms with Crippen molar-refractivity contribution in [1.82, 2.24) is 0 Å². The summed E-state index contributed by atoms with van der Waals surface area (Å²) in [4.78, 5) is 10.7. The molecule has 1 N–H and O–H groups in total. The Morgan fingerprint density at radius 1 is 1.38 bits per heavy atom. The molecule has 13 heavy (non-hydrogen) atoms. The molecule has 0 radical (unpaired) electrons. The van der Waals surface area contributed by atoms with Crippen LogP contribution >= 0.6 is 0 Å². The summed E-state index contributed by atoms with van der Waals surface area (Å²) < 4.78 is 9.83. The number of carboxylic acids is 1. The monoisotopic (exact) mass is 190 g/mol. The van der Waals surface area contributed by atoms with Gasteiger partial charge in [-0.25, -0.2) is 0 Å². The van der Waals surface area contributed by atoms with E-state index in [1.807, 2.05) is 6.92 Å². The number of aliphatic carboxylic acids is 1. The van der Waals surface area contributed by atoms with Crippen LogP contribution in [0.25, 0.3) is 0 Å². The summed E-state index contributed by atoms with van der Waals surface area (Å²) >= 11 is 0. The highest BCUT2D eigenvalue weighted by Crippen LogP contribution is 2.10. The lowest BCUT2D eigenvalue weighted by atomic mass is 10.0. The first-order chi connectivity index (χ1) is 6.11. The van der Waals surface area contributed by atoms with Gasteiger partial charge in [-0.3, -0.25) is 4.79 Å². The molecule has 0 aromatic carbocycles. The van der Waals surface area contributed by atoms with Crippen molar-refractivity contribution in [3.8, 4) is 0 Å². The number of rotatable bonds is 7. The minimum atomic E-state index is -0.801. The summed E-state index contributed by atoms with van der Waals surface area (Å²) in [5, 5.41) is 8.77. The Kier molecular flexibility index (Phi) is 6.54. The summed E-state index contributed by atoms with van der Waals surface area (Å²) in [5.41, 5.74) is 0. The number of carbonyl (C=O) groups is 1. The highest BCUT2D eigenvalue weighted by molar-refractivity contribution is 5.70. The SMILES string of the molecule is COCC(CCC(C)OC)C(=O)O. The van der Waals surface area contributed by atoms with E-state index in [9.17, 15) is 4.79 Å². The van der Waals surface area contributed by atoms with E-state index in [-0.39, 0.29) is 12.7 Å². The third-order valence-corrected chi connectivity index (χ3v) is 2.04. The van der Waals surface area contributed by atoms with Crippen LogP contribution in [-0.4, -0.2) is 38.0 Å². The van der Waals surface area contributed by atoms with E-state index in [1.165, 1.54) is 7.11 Å². The molecule has 0 aliphatic heterocycles. The zero-order valence-corrected chi connectivity index (χ0v) is 8.45. The normalized spacial score (nSPS) is 15.3. The quantitative estimate of drug-likeness (QED) is 0.654. The molecule has 0 fully saturated rings. The number of methoxy groups -OCH3 is 2. The van der Waals surface area contributed by atoms with Crippen molar-refractivity contribution < 1.29 is 19.4 Å². The number of hydrogen-bond acceptors (Lipinski definition) is 3. The first-order valence-corrected chi connectivity index (χ1v) is 4.36. The molecule has 0 saturated carbocycles. The van der Waals surface area contributed by atoms with Crippen LogP contribution in [0.4, 0.5) is 0 Å². The summed E-state index contributed by atoms with van der Waals surface area (Å²) in [6.07, 6.45) is 1.45. The topological polar surface area (TPSA) is 55.8 Å². The van der Waals surface area contributed by atoms with E-state index in [4.69, 9.17) is 14.6 Å². The molecular weight excluding hydrogens is 172 g/mol. The second-order valence-electron chi connectivity index (χ2n) is 3.11. The molecule has 0 saturated heterocycles. The minimum absolute atomic E-state index is 0.110. The van der Waals surface area contributed by atoms with Crippen LogP contribution in [0.5, 0.6) is 0 Å². The number of hydrogen-bond donors (Lipinski definition) is 1. The van der Waals surface area contributed by atoms with E-state index in [2.05, 4.69) is 0 Å². The van der Waals surface area contributed by atoms with Gasteiger partial charge in [-0.2, -0.15) is 0 Å². The average molecular weight is 190 g/mol. The van der Waals surface area contributed by atoms with Gasteiger partial charge in [-0.15, -0.1) is 0 Å². The Hall–Kier alpha value is -0.610. The average Bonchev–Trinajstić information content (AvgIpc) is 2.11. The van der Waals surface area contributed by atoms with Crippen LogP contribution in [0.15, 0.2) is 0 Å². The van der Waals surface area contributed by atoms with Gasteiger partial charge in [0.15, 0.2) is 0 Å². The fraction of sp³-hybridized carbons (Fsp3) is 0.889. The zero-order chi connectivity index (χ0) is 10.3. The molecule has 0 heterocycles. The van der Waals surface area contributed by atoms with Crippen molar-refractivity contribution >= 4 is 5.97 Å². The molecular formula is C9H18O4. The summed E-state index contributed by atoms with van der Waals surface area (Å²) in [5.74, 6) is -1.22. The van der Waals surface area contributed by atoms with Gasteiger partial charge < -0.3 is 14.6 Å². The first-order valence-electron chi connectivity index (χ1n) is 4.36. The highest BCUT2D eigenvalue weighted by atomic mass is 16.5. The lowest BCUT2D eigenvalue weighted by molar-refractivity contribution is -0.144. The smallest absolute Gasteiger partial charge is 0.308 e. The second kappa shape index (κ2) is 6.86. The minimum Gasteiger partial charge on any atom is -0.481 e. The number of carboxylic acid groups (broad SMARTS) is 1. The maximum absolute atomic E-state index is 10.7. The van der Waals surface area contributed by atoms with Gasteiger partial charge in [-0.1, -0.05) is 0 Å². The van der Waals surface area contributed by atoms with E-state index in [1.54, 1.807) is 7.11 Å². The standard InChI is InChI=1S/C9H18O4/c1-7(13-3)4-5-8(6-12-2)9(10)11/h7-8H,4-6H2,1-3H3,(H,10,11). The molecule has 0 spiro atoms. The molecule has 0 aromatic rings. The lowest BCUT2D eigenvalue weighted by Crippen LogP contribution is -2.21. The molecule has 0 bridgehead atoms. The third kappa shape index (κ3) is 5.60. The first kappa shape index (κ1) is 12.4. The number of ether oxygens (including phenoxy) is 2. The Morgan fingerprint density at radius 2 is 2.00 bits per heavy atom. The van der Waals surface area contributed by atoms with Gasteiger partial charge in [0.1, 0.15) is 0 Å². The fourth-order valence-corrected chi connectivity index (χ4v) is 1.03. The van der Waals surface area contributed by atoms with Gasteiger partial charge in [0.2, 0.25) is 0 Å². The molecule has 0 rings (SSSR count). The second-order valence-corrected chi connectivity index (χ2v) is 3.11. The van der Waals surface area contributed by atoms with E-state index in [0.717, 1.165) is 6.42 Å². The lowest BCUT2D eigenvalue weighted by Gasteiger charge is -2.13. The maximum Gasteiger partial charge on any atom is 0.308 e.